The van der Waals surface area contributed by atoms with Crippen LogP contribution in [0.15, 0.2) is 29.3 Å². The lowest BCUT2D eigenvalue weighted by atomic mass is 10.00. The lowest BCUT2D eigenvalue weighted by Gasteiger charge is -2.25. The summed E-state index contributed by atoms with van der Waals surface area (Å²) in [5.41, 5.74) is 1.12. The molecule has 2 unspecified atom stereocenters. The van der Waals surface area contributed by atoms with Crippen LogP contribution >= 0.6 is 24.0 Å². The zero-order valence-corrected chi connectivity index (χ0v) is 17.4. The Hall–Kier alpha value is -1.02. The molecule has 0 spiro atoms. The summed E-state index contributed by atoms with van der Waals surface area (Å²) >= 11 is 0. The number of benzene rings is 1. The smallest absolute Gasteiger partial charge is 0.191 e. The van der Waals surface area contributed by atoms with Crippen molar-refractivity contribution >= 4 is 29.9 Å². The van der Waals surface area contributed by atoms with E-state index in [1.807, 2.05) is 18.2 Å². The second-order valence-electron chi connectivity index (χ2n) is 6.35. The molecular weight excluding hydrogens is 417 g/mol. The van der Waals surface area contributed by atoms with Gasteiger partial charge in [0.1, 0.15) is 5.75 Å². The van der Waals surface area contributed by atoms with Gasteiger partial charge in [-0.15, -0.1) is 24.0 Å². The van der Waals surface area contributed by atoms with Gasteiger partial charge in [-0.25, -0.2) is 0 Å². The fraction of sp³-hybridized carbons (Fsp3) is 0.611. The average molecular weight is 447 g/mol. The number of halogens is 1. The number of nitrogens with one attached hydrogen (secondary N) is 2. The topological polar surface area (TPSA) is 54.9 Å². The van der Waals surface area contributed by atoms with Crippen LogP contribution in [0.1, 0.15) is 38.2 Å². The van der Waals surface area contributed by atoms with Crippen molar-refractivity contribution in [3.05, 3.63) is 29.8 Å². The fourth-order valence-electron chi connectivity index (χ4n) is 2.90. The molecule has 0 aliphatic carbocycles. The van der Waals surface area contributed by atoms with Crippen molar-refractivity contribution in [3.63, 3.8) is 0 Å². The Morgan fingerprint density at radius 3 is 2.75 bits per heavy atom. The van der Waals surface area contributed by atoms with E-state index in [4.69, 9.17) is 9.47 Å². The zero-order valence-electron chi connectivity index (χ0n) is 15.1. The maximum Gasteiger partial charge on any atom is 0.191 e. The highest BCUT2D eigenvalue weighted by molar-refractivity contribution is 14.0. The van der Waals surface area contributed by atoms with E-state index in [0.29, 0.717) is 5.92 Å². The van der Waals surface area contributed by atoms with Gasteiger partial charge in [0.05, 0.1) is 12.7 Å². The Kier molecular flexibility index (Phi) is 8.83. The fourth-order valence-corrected chi connectivity index (χ4v) is 2.90. The van der Waals surface area contributed by atoms with Crippen LogP contribution in [0, 0.1) is 0 Å². The lowest BCUT2D eigenvalue weighted by molar-refractivity contribution is 0.0243. The Bertz CT molecular complexity index is 531. The summed E-state index contributed by atoms with van der Waals surface area (Å²) in [6.45, 7) is 6.75. The van der Waals surface area contributed by atoms with Crippen molar-refractivity contribution in [2.24, 2.45) is 4.99 Å². The lowest BCUT2D eigenvalue weighted by Crippen LogP contribution is -2.46. The number of hydrogen-bond acceptors (Lipinski definition) is 3. The number of rotatable bonds is 6. The number of aliphatic imine (C=N–C) groups is 1. The summed E-state index contributed by atoms with van der Waals surface area (Å²) in [5, 5.41) is 6.76. The van der Waals surface area contributed by atoms with E-state index in [0.717, 1.165) is 44.2 Å². The first kappa shape index (κ1) is 21.0. The first-order valence-corrected chi connectivity index (χ1v) is 8.29. The van der Waals surface area contributed by atoms with Crippen LogP contribution in [0.3, 0.4) is 0 Å². The van der Waals surface area contributed by atoms with Crippen molar-refractivity contribution in [2.45, 2.75) is 38.2 Å². The third kappa shape index (κ3) is 5.81. The molecule has 1 fully saturated rings. The summed E-state index contributed by atoms with van der Waals surface area (Å²) in [7, 11) is 3.50. The van der Waals surface area contributed by atoms with E-state index in [-0.39, 0.29) is 29.6 Å². The molecule has 2 N–H and O–H groups in total. The van der Waals surface area contributed by atoms with Gasteiger partial charge in [0, 0.05) is 32.7 Å². The standard InChI is InChI=1S/C18H29N3O2.HI/c1-14(15-8-5-6-9-16(15)22-4)12-20-17(19-3)21-13-18(2)10-7-11-23-18;/h5-6,8-9,14H,7,10-13H2,1-4H3,(H2,19,20,21);1H. The van der Waals surface area contributed by atoms with Crippen LogP contribution in [0.2, 0.25) is 0 Å². The Balaban J connectivity index is 0.00000288. The highest BCUT2D eigenvalue weighted by Crippen LogP contribution is 2.25. The van der Waals surface area contributed by atoms with Crippen LogP contribution in [0.5, 0.6) is 5.75 Å². The van der Waals surface area contributed by atoms with E-state index in [2.05, 4.69) is 35.5 Å². The molecule has 0 radical (unpaired) electrons. The molecule has 0 aromatic heterocycles. The molecule has 5 nitrogen and oxygen atoms in total. The number of guanidine groups is 1. The summed E-state index contributed by atoms with van der Waals surface area (Å²) in [6, 6.07) is 8.14. The molecule has 1 saturated heterocycles. The van der Waals surface area contributed by atoms with Gasteiger partial charge in [-0.2, -0.15) is 0 Å². The molecule has 1 aromatic carbocycles. The molecule has 0 amide bonds. The predicted molar refractivity (Wildman–Crippen MR) is 110 cm³/mol. The largest absolute Gasteiger partial charge is 0.496 e. The monoisotopic (exact) mass is 447 g/mol. The quantitative estimate of drug-likeness (QED) is 0.400. The molecule has 2 atom stereocenters. The van der Waals surface area contributed by atoms with Crippen LogP contribution in [0.25, 0.3) is 0 Å². The molecule has 1 aliphatic heterocycles. The normalized spacial score (nSPS) is 21.8. The number of methoxy groups -OCH3 is 1. The maximum atomic E-state index is 5.80. The predicted octanol–water partition coefficient (Wildman–Crippen LogP) is 3.15. The van der Waals surface area contributed by atoms with Gasteiger partial charge in [-0.05, 0) is 31.4 Å². The molecule has 6 heteroatoms. The van der Waals surface area contributed by atoms with Gasteiger partial charge in [0.2, 0.25) is 0 Å². The summed E-state index contributed by atoms with van der Waals surface area (Å²) in [6.07, 6.45) is 2.23. The minimum absolute atomic E-state index is 0. The van der Waals surface area contributed by atoms with Gasteiger partial charge in [-0.1, -0.05) is 25.1 Å². The SMILES string of the molecule is CN=C(NCC(C)c1ccccc1OC)NCC1(C)CCCO1.I. The minimum Gasteiger partial charge on any atom is -0.496 e. The molecule has 0 bridgehead atoms. The van der Waals surface area contributed by atoms with Crippen LogP contribution in [0.4, 0.5) is 0 Å². The van der Waals surface area contributed by atoms with Crippen LogP contribution in [-0.2, 0) is 4.74 Å². The Morgan fingerprint density at radius 1 is 1.38 bits per heavy atom. The third-order valence-electron chi connectivity index (χ3n) is 4.40. The minimum atomic E-state index is -0.0775. The van der Waals surface area contributed by atoms with Gasteiger partial charge in [0.15, 0.2) is 5.96 Å². The second kappa shape index (κ2) is 10.1. The molecule has 0 saturated carbocycles. The van der Waals surface area contributed by atoms with Crippen molar-refractivity contribution in [1.29, 1.82) is 0 Å². The summed E-state index contributed by atoms with van der Waals surface area (Å²) in [4.78, 5) is 4.30. The highest BCUT2D eigenvalue weighted by Gasteiger charge is 2.29. The number of hydrogen-bond donors (Lipinski definition) is 2. The van der Waals surface area contributed by atoms with Crippen LogP contribution < -0.4 is 15.4 Å². The number of ether oxygens (including phenoxy) is 2. The number of nitrogens with zero attached hydrogens (tertiary/aromatic N) is 1. The summed E-state index contributed by atoms with van der Waals surface area (Å²) < 4.78 is 11.2. The average Bonchev–Trinajstić information content (AvgIpc) is 3.01. The van der Waals surface area contributed by atoms with E-state index in [9.17, 15) is 0 Å². The van der Waals surface area contributed by atoms with Crippen molar-refractivity contribution < 1.29 is 9.47 Å². The van der Waals surface area contributed by atoms with Gasteiger partial charge in [0.25, 0.3) is 0 Å². The van der Waals surface area contributed by atoms with E-state index in [1.165, 1.54) is 5.56 Å². The van der Waals surface area contributed by atoms with E-state index in [1.54, 1.807) is 14.2 Å². The van der Waals surface area contributed by atoms with Gasteiger partial charge < -0.3 is 20.1 Å². The molecule has 136 valence electrons. The molecule has 24 heavy (non-hydrogen) atoms. The van der Waals surface area contributed by atoms with Gasteiger partial charge >= 0.3 is 0 Å². The Labute approximate surface area is 162 Å². The highest BCUT2D eigenvalue weighted by atomic mass is 127. The second-order valence-corrected chi connectivity index (χ2v) is 6.35. The van der Waals surface area contributed by atoms with Crippen molar-refractivity contribution in [1.82, 2.24) is 10.6 Å². The molecule has 1 aromatic rings. The third-order valence-corrected chi connectivity index (χ3v) is 4.40. The van der Waals surface area contributed by atoms with Crippen molar-refractivity contribution in [2.75, 3.05) is 33.9 Å². The van der Waals surface area contributed by atoms with E-state index < -0.39 is 0 Å². The number of para-hydroxylation sites is 1. The molecule has 1 aliphatic rings. The zero-order chi connectivity index (χ0) is 16.7. The molecular formula is C18H30IN3O2. The summed E-state index contributed by atoms with van der Waals surface area (Å²) in [5.74, 6) is 2.06. The maximum absolute atomic E-state index is 5.80. The molecule has 1 heterocycles. The molecule has 2 rings (SSSR count). The van der Waals surface area contributed by atoms with E-state index >= 15 is 0 Å². The first-order chi connectivity index (χ1) is 11.1. The van der Waals surface area contributed by atoms with Gasteiger partial charge in [-0.3, -0.25) is 4.99 Å². The Morgan fingerprint density at radius 2 is 2.12 bits per heavy atom. The van der Waals surface area contributed by atoms with Crippen LogP contribution in [-0.4, -0.2) is 45.4 Å². The van der Waals surface area contributed by atoms with Crippen molar-refractivity contribution in [3.8, 4) is 5.75 Å². The first-order valence-electron chi connectivity index (χ1n) is 8.29.